The first-order valence-corrected chi connectivity index (χ1v) is 10.5. The molecule has 0 unspecified atom stereocenters. The summed E-state index contributed by atoms with van der Waals surface area (Å²) < 4.78 is 0. The summed E-state index contributed by atoms with van der Waals surface area (Å²) in [6, 6.07) is 18.1. The van der Waals surface area contributed by atoms with Crippen LogP contribution in [0.1, 0.15) is 45.1 Å². The van der Waals surface area contributed by atoms with Crippen LogP contribution >= 0.6 is 0 Å². The molecule has 0 saturated heterocycles. The zero-order chi connectivity index (χ0) is 20.4. The van der Waals surface area contributed by atoms with E-state index in [9.17, 15) is 9.59 Å². The maximum atomic E-state index is 13.7. The van der Waals surface area contributed by atoms with Gasteiger partial charge < -0.3 is 5.32 Å². The maximum absolute atomic E-state index is 13.7. The third kappa shape index (κ3) is 3.67. The monoisotopic (exact) mass is 391 g/mol. The Balaban J connectivity index is 1.65. The Morgan fingerprint density at radius 1 is 1.07 bits per heavy atom. The van der Waals surface area contributed by atoms with Gasteiger partial charge in [0.25, 0.3) is 5.91 Å². The van der Waals surface area contributed by atoms with Gasteiger partial charge in [-0.2, -0.15) is 0 Å². The standard InChI is InChI=1S/C24H29N3O2/c1-18(2)26(16-19-10-4-3-5-11-19)17-22(28)27-21-13-7-6-12-20(21)25-23(29)24(27)14-8-9-15-24/h3-7,10-13,18H,8-9,14-17H2,1-2H3,(H,25,29). The number of nitrogens with one attached hydrogen (secondary N) is 1. The van der Waals surface area contributed by atoms with Gasteiger partial charge in [0.2, 0.25) is 5.91 Å². The number of benzene rings is 2. The molecule has 0 radical (unpaired) electrons. The average Bonchev–Trinajstić information content (AvgIpc) is 3.19. The van der Waals surface area contributed by atoms with Crippen molar-refractivity contribution in [2.24, 2.45) is 0 Å². The second-order valence-corrected chi connectivity index (χ2v) is 8.42. The maximum Gasteiger partial charge on any atom is 0.250 e. The van der Waals surface area contributed by atoms with Crippen molar-refractivity contribution in [3.8, 4) is 0 Å². The van der Waals surface area contributed by atoms with Crippen molar-refractivity contribution in [2.75, 3.05) is 16.8 Å². The molecule has 2 aliphatic rings. The van der Waals surface area contributed by atoms with Crippen molar-refractivity contribution in [1.29, 1.82) is 0 Å². The molecule has 1 heterocycles. The summed E-state index contributed by atoms with van der Waals surface area (Å²) in [5.41, 5.74) is 1.98. The van der Waals surface area contributed by atoms with Crippen molar-refractivity contribution < 1.29 is 9.59 Å². The second-order valence-electron chi connectivity index (χ2n) is 8.42. The molecule has 1 aliphatic heterocycles. The molecule has 2 aromatic rings. The van der Waals surface area contributed by atoms with E-state index < -0.39 is 5.54 Å². The fraction of sp³-hybridized carbons (Fsp3) is 0.417. The third-order valence-electron chi connectivity index (χ3n) is 6.22. The van der Waals surface area contributed by atoms with Crippen molar-refractivity contribution in [1.82, 2.24) is 4.90 Å². The predicted molar refractivity (Wildman–Crippen MR) is 116 cm³/mol. The molecule has 4 rings (SSSR count). The van der Waals surface area contributed by atoms with Gasteiger partial charge >= 0.3 is 0 Å². The quantitative estimate of drug-likeness (QED) is 0.831. The molecule has 29 heavy (non-hydrogen) atoms. The number of rotatable bonds is 5. The second kappa shape index (κ2) is 7.99. The summed E-state index contributed by atoms with van der Waals surface area (Å²) in [7, 11) is 0. The Hall–Kier alpha value is -2.66. The van der Waals surface area contributed by atoms with Crippen LogP contribution in [0.25, 0.3) is 0 Å². The van der Waals surface area contributed by atoms with E-state index in [-0.39, 0.29) is 24.4 Å². The number of amides is 2. The zero-order valence-electron chi connectivity index (χ0n) is 17.2. The summed E-state index contributed by atoms with van der Waals surface area (Å²) in [4.78, 5) is 30.8. The number of hydrogen-bond donors (Lipinski definition) is 1. The topological polar surface area (TPSA) is 52.7 Å². The number of fused-ring (bicyclic) bond motifs is 1. The molecule has 1 spiro atoms. The van der Waals surface area contributed by atoms with E-state index in [4.69, 9.17) is 0 Å². The van der Waals surface area contributed by atoms with Crippen LogP contribution in [0.15, 0.2) is 54.6 Å². The Morgan fingerprint density at radius 2 is 1.72 bits per heavy atom. The largest absolute Gasteiger partial charge is 0.322 e. The lowest BCUT2D eigenvalue weighted by Crippen LogP contribution is -2.62. The van der Waals surface area contributed by atoms with Crippen molar-refractivity contribution in [2.45, 2.75) is 57.7 Å². The summed E-state index contributed by atoms with van der Waals surface area (Å²) in [5.74, 6) is -0.0416. The smallest absolute Gasteiger partial charge is 0.250 e. The van der Waals surface area contributed by atoms with Gasteiger partial charge in [0.15, 0.2) is 0 Å². The van der Waals surface area contributed by atoms with Crippen LogP contribution in [0.2, 0.25) is 0 Å². The molecule has 0 atom stereocenters. The van der Waals surface area contributed by atoms with E-state index >= 15 is 0 Å². The Morgan fingerprint density at radius 3 is 2.41 bits per heavy atom. The first-order valence-electron chi connectivity index (χ1n) is 10.5. The number of para-hydroxylation sites is 2. The predicted octanol–water partition coefficient (Wildman–Crippen LogP) is 4.20. The number of hydrogen-bond acceptors (Lipinski definition) is 3. The van der Waals surface area contributed by atoms with E-state index in [1.54, 1.807) is 0 Å². The molecular weight excluding hydrogens is 362 g/mol. The minimum atomic E-state index is -0.749. The molecule has 0 bridgehead atoms. The molecule has 2 amide bonds. The number of carbonyl (C=O) groups excluding carboxylic acids is 2. The van der Waals surface area contributed by atoms with Crippen LogP contribution in [0.4, 0.5) is 11.4 Å². The molecule has 1 aliphatic carbocycles. The highest BCUT2D eigenvalue weighted by Crippen LogP contribution is 2.45. The molecule has 1 fully saturated rings. The average molecular weight is 392 g/mol. The third-order valence-corrected chi connectivity index (χ3v) is 6.22. The molecule has 5 heteroatoms. The van der Waals surface area contributed by atoms with Crippen molar-refractivity contribution in [3.05, 3.63) is 60.2 Å². The van der Waals surface area contributed by atoms with Gasteiger partial charge in [-0.25, -0.2) is 0 Å². The lowest BCUT2D eigenvalue weighted by atomic mass is 9.89. The van der Waals surface area contributed by atoms with Gasteiger partial charge in [-0.1, -0.05) is 55.3 Å². The van der Waals surface area contributed by atoms with E-state index in [1.807, 2.05) is 47.4 Å². The van der Waals surface area contributed by atoms with Gasteiger partial charge in [-0.05, 0) is 44.4 Å². The van der Waals surface area contributed by atoms with Gasteiger partial charge in [0.05, 0.1) is 17.9 Å². The normalized spacial score (nSPS) is 17.7. The Bertz CT molecular complexity index is 888. The fourth-order valence-electron chi connectivity index (χ4n) is 4.61. The van der Waals surface area contributed by atoms with Crippen LogP contribution in [0.3, 0.4) is 0 Å². The highest BCUT2D eigenvalue weighted by molar-refractivity contribution is 6.15. The highest BCUT2D eigenvalue weighted by atomic mass is 16.2. The van der Waals surface area contributed by atoms with Crippen LogP contribution in [0, 0.1) is 0 Å². The van der Waals surface area contributed by atoms with Crippen LogP contribution < -0.4 is 10.2 Å². The van der Waals surface area contributed by atoms with E-state index in [2.05, 4.69) is 36.2 Å². The molecule has 1 N–H and O–H groups in total. The Kier molecular flexibility index (Phi) is 5.41. The first-order chi connectivity index (χ1) is 14.0. The first kappa shape index (κ1) is 19.6. The van der Waals surface area contributed by atoms with Crippen LogP contribution in [0.5, 0.6) is 0 Å². The molecule has 0 aromatic heterocycles. The molecule has 2 aromatic carbocycles. The zero-order valence-corrected chi connectivity index (χ0v) is 17.2. The Labute approximate surface area is 172 Å². The van der Waals surface area contributed by atoms with Crippen LogP contribution in [-0.4, -0.2) is 34.8 Å². The number of nitrogens with zero attached hydrogens (tertiary/aromatic N) is 2. The minimum Gasteiger partial charge on any atom is -0.322 e. The van der Waals surface area contributed by atoms with Gasteiger partial charge in [0.1, 0.15) is 5.54 Å². The molecule has 5 nitrogen and oxygen atoms in total. The summed E-state index contributed by atoms with van der Waals surface area (Å²) in [6.07, 6.45) is 3.38. The summed E-state index contributed by atoms with van der Waals surface area (Å²) >= 11 is 0. The fourth-order valence-corrected chi connectivity index (χ4v) is 4.61. The highest BCUT2D eigenvalue weighted by Gasteiger charge is 2.52. The minimum absolute atomic E-state index is 0.00108. The molecular formula is C24H29N3O2. The lowest BCUT2D eigenvalue weighted by Gasteiger charge is -2.45. The molecule has 1 saturated carbocycles. The van der Waals surface area contributed by atoms with E-state index in [0.717, 1.165) is 37.1 Å². The van der Waals surface area contributed by atoms with Gasteiger partial charge in [-0.3, -0.25) is 19.4 Å². The summed E-state index contributed by atoms with van der Waals surface area (Å²) in [6.45, 7) is 5.21. The van der Waals surface area contributed by atoms with E-state index in [0.29, 0.717) is 6.54 Å². The number of carbonyl (C=O) groups is 2. The van der Waals surface area contributed by atoms with Gasteiger partial charge in [-0.15, -0.1) is 0 Å². The summed E-state index contributed by atoms with van der Waals surface area (Å²) in [5, 5.41) is 3.05. The number of anilines is 2. The lowest BCUT2D eigenvalue weighted by molar-refractivity contribution is -0.128. The van der Waals surface area contributed by atoms with Crippen molar-refractivity contribution in [3.63, 3.8) is 0 Å². The SMILES string of the molecule is CC(C)N(CC(=O)N1c2ccccc2NC(=O)C12CCCC2)Cc1ccccc1. The van der Waals surface area contributed by atoms with Gasteiger partial charge in [0, 0.05) is 12.6 Å². The van der Waals surface area contributed by atoms with E-state index in [1.165, 1.54) is 5.56 Å². The van der Waals surface area contributed by atoms with Crippen LogP contribution in [-0.2, 0) is 16.1 Å². The van der Waals surface area contributed by atoms with Crippen molar-refractivity contribution >= 4 is 23.2 Å². The molecule has 152 valence electrons.